The first-order valence-electron chi connectivity index (χ1n) is 24.8. The summed E-state index contributed by atoms with van der Waals surface area (Å²) >= 11 is 0. The van der Waals surface area contributed by atoms with E-state index in [2.05, 4.69) is 35.5 Å². The molecule has 1 aliphatic rings. The number of hydrogen-bond donors (Lipinski definition) is 7. The summed E-state index contributed by atoms with van der Waals surface area (Å²) in [6.45, 7) is 3.24. The van der Waals surface area contributed by atoms with Crippen molar-refractivity contribution in [1.29, 1.82) is 0 Å². The van der Waals surface area contributed by atoms with Crippen molar-refractivity contribution in [3.8, 4) is 0 Å². The third-order valence-corrected chi connectivity index (χ3v) is 12.3. The highest BCUT2D eigenvalue weighted by Gasteiger charge is 2.48. The number of aliphatic hydroxyl groups is 5. The second-order valence-corrected chi connectivity index (χ2v) is 18.6. The summed E-state index contributed by atoms with van der Waals surface area (Å²) < 4.78 is 47.6. The van der Waals surface area contributed by atoms with Gasteiger partial charge in [-0.3, -0.25) is 9.35 Å². The maximum absolute atomic E-state index is 13.1. The normalized spacial score (nSPS) is 21.2. The van der Waals surface area contributed by atoms with Gasteiger partial charge in [0, 0.05) is 6.42 Å². The molecule has 0 aromatic heterocycles. The van der Waals surface area contributed by atoms with Gasteiger partial charge < -0.3 is 40.3 Å². The van der Waals surface area contributed by atoms with Crippen LogP contribution < -0.4 is 5.32 Å². The summed E-state index contributed by atoms with van der Waals surface area (Å²) in [6.07, 6.45) is 32.5. The minimum absolute atomic E-state index is 0.0509. The van der Waals surface area contributed by atoms with Crippen LogP contribution in [0, 0.1) is 0 Å². The zero-order valence-corrected chi connectivity index (χ0v) is 39.6. The fourth-order valence-electron chi connectivity index (χ4n) is 7.92. The minimum atomic E-state index is -5.12. The number of nitrogens with one attached hydrogen (secondary N) is 1. The molecule has 8 unspecified atom stereocenters. The Morgan fingerprint density at radius 3 is 1.58 bits per heavy atom. The molecule has 1 amide bonds. The minimum Gasteiger partial charge on any atom is -0.394 e. The van der Waals surface area contributed by atoms with Crippen molar-refractivity contribution >= 4 is 16.3 Å². The van der Waals surface area contributed by atoms with Crippen LogP contribution in [0.5, 0.6) is 0 Å². The zero-order chi connectivity index (χ0) is 45.7. The Bertz CT molecular complexity index is 1220. The van der Waals surface area contributed by atoms with E-state index in [1.807, 2.05) is 6.08 Å². The molecule has 0 aromatic rings. The summed E-state index contributed by atoms with van der Waals surface area (Å²) in [4.78, 5) is 13.1. The molecule has 0 aromatic carbocycles. The molecule has 1 saturated heterocycles. The summed E-state index contributed by atoms with van der Waals surface area (Å²) in [5, 5.41) is 55.3. The number of carbonyl (C=O) groups is 1. The number of hydrogen-bond acceptors (Lipinski definition) is 11. The highest BCUT2D eigenvalue weighted by molar-refractivity contribution is 7.80. The monoisotopic (exact) mass is 906 g/mol. The lowest BCUT2D eigenvalue weighted by Crippen LogP contribution is -2.61. The van der Waals surface area contributed by atoms with Gasteiger partial charge in [-0.25, -0.2) is 4.18 Å². The van der Waals surface area contributed by atoms with Crippen molar-refractivity contribution in [1.82, 2.24) is 5.32 Å². The Morgan fingerprint density at radius 1 is 0.661 bits per heavy atom. The molecule has 1 heterocycles. The van der Waals surface area contributed by atoms with Crippen LogP contribution >= 0.6 is 0 Å². The molecule has 8 atom stereocenters. The van der Waals surface area contributed by atoms with E-state index in [9.17, 15) is 43.3 Å². The summed E-state index contributed by atoms with van der Waals surface area (Å²) in [6, 6.07) is -1.06. The molecule has 14 heteroatoms. The molecule has 0 spiro atoms. The lowest BCUT2D eigenvalue weighted by molar-refractivity contribution is -0.298. The lowest BCUT2D eigenvalue weighted by Gasteiger charge is -2.41. The Labute approximate surface area is 376 Å². The number of allylic oxidation sites excluding steroid dienone is 3. The first kappa shape index (κ1) is 58.6. The van der Waals surface area contributed by atoms with E-state index in [0.717, 1.165) is 32.1 Å². The molecule has 366 valence electrons. The molecule has 1 aliphatic heterocycles. The van der Waals surface area contributed by atoms with E-state index in [4.69, 9.17) is 9.47 Å². The van der Waals surface area contributed by atoms with E-state index < -0.39 is 78.5 Å². The van der Waals surface area contributed by atoms with Crippen LogP contribution in [0.2, 0.25) is 0 Å². The van der Waals surface area contributed by atoms with Crippen molar-refractivity contribution in [2.45, 2.75) is 262 Å². The Morgan fingerprint density at radius 2 is 1.11 bits per heavy atom. The number of carbonyl (C=O) groups excluding carboxylic acids is 1. The molecule has 0 aliphatic carbocycles. The number of amides is 1. The van der Waals surface area contributed by atoms with Gasteiger partial charge in [0.1, 0.15) is 30.5 Å². The molecule has 62 heavy (non-hydrogen) atoms. The van der Waals surface area contributed by atoms with Gasteiger partial charge in [-0.15, -0.1) is 0 Å². The van der Waals surface area contributed by atoms with Crippen LogP contribution in [-0.2, 0) is 28.9 Å². The predicted molar refractivity (Wildman–Crippen MR) is 247 cm³/mol. The highest BCUT2D eigenvalue weighted by Crippen LogP contribution is 2.26. The third kappa shape index (κ3) is 30.6. The molecule has 13 nitrogen and oxygen atoms in total. The van der Waals surface area contributed by atoms with Crippen molar-refractivity contribution in [2.24, 2.45) is 0 Å². The molecule has 1 rings (SSSR count). The van der Waals surface area contributed by atoms with Crippen molar-refractivity contribution in [3.63, 3.8) is 0 Å². The van der Waals surface area contributed by atoms with Gasteiger partial charge in [-0.2, -0.15) is 8.42 Å². The largest absolute Gasteiger partial charge is 0.397 e. The van der Waals surface area contributed by atoms with Gasteiger partial charge >= 0.3 is 10.4 Å². The SMILES string of the molecule is CCCCCCCC/C=C\C/C=C\CC(O)C(=O)NC(COC1OC(CO)C(O)C(OS(=O)(=O)O)C1O)C(O)CCCCCCCCCCCCCCCCCCCCCCC. The number of aliphatic hydroxyl groups excluding tert-OH is 5. The van der Waals surface area contributed by atoms with Gasteiger partial charge in [0.15, 0.2) is 6.29 Å². The predicted octanol–water partition coefficient (Wildman–Crippen LogP) is 9.08. The van der Waals surface area contributed by atoms with Crippen molar-refractivity contribution in [3.05, 3.63) is 24.3 Å². The van der Waals surface area contributed by atoms with Crippen molar-refractivity contribution in [2.75, 3.05) is 13.2 Å². The molecule has 1 fully saturated rings. The quantitative estimate of drug-likeness (QED) is 0.0174. The van der Waals surface area contributed by atoms with Crippen LogP contribution in [0.1, 0.15) is 213 Å². The second kappa shape index (κ2) is 38.8. The van der Waals surface area contributed by atoms with Crippen LogP contribution in [0.25, 0.3) is 0 Å². The van der Waals surface area contributed by atoms with E-state index in [1.54, 1.807) is 6.08 Å². The molecule has 0 saturated carbocycles. The topological polar surface area (TPSA) is 212 Å². The zero-order valence-electron chi connectivity index (χ0n) is 38.8. The summed E-state index contributed by atoms with van der Waals surface area (Å²) in [5.41, 5.74) is 0. The molecule has 0 bridgehead atoms. The van der Waals surface area contributed by atoms with E-state index >= 15 is 0 Å². The van der Waals surface area contributed by atoms with Crippen molar-refractivity contribution < 1.29 is 57.0 Å². The van der Waals surface area contributed by atoms with E-state index in [1.165, 1.54) is 141 Å². The number of rotatable bonds is 42. The molecule has 7 N–H and O–H groups in total. The van der Waals surface area contributed by atoms with Gasteiger partial charge in [-0.05, 0) is 25.7 Å². The maximum Gasteiger partial charge on any atom is 0.397 e. The van der Waals surface area contributed by atoms with Crippen LogP contribution in [0.15, 0.2) is 24.3 Å². The summed E-state index contributed by atoms with van der Waals surface area (Å²) in [7, 11) is -5.12. The third-order valence-electron chi connectivity index (χ3n) is 11.9. The number of ether oxygens (including phenoxy) is 2. The molecule has 0 radical (unpaired) electrons. The molecular formula is C48H91NO12S. The Hall–Kier alpha value is -1.46. The first-order chi connectivity index (χ1) is 29.9. The van der Waals surface area contributed by atoms with Gasteiger partial charge in [0.05, 0.1) is 25.4 Å². The maximum atomic E-state index is 13.1. The van der Waals surface area contributed by atoms with E-state index in [-0.39, 0.29) is 6.42 Å². The highest BCUT2D eigenvalue weighted by atomic mass is 32.3. The van der Waals surface area contributed by atoms with Gasteiger partial charge in [0.25, 0.3) is 0 Å². The number of unbranched alkanes of at least 4 members (excludes halogenated alkanes) is 26. The Kier molecular flexibility index (Phi) is 36.6. The first-order valence-corrected chi connectivity index (χ1v) is 26.2. The average molecular weight is 906 g/mol. The molecular weight excluding hydrogens is 815 g/mol. The fourth-order valence-corrected chi connectivity index (χ4v) is 8.43. The van der Waals surface area contributed by atoms with Crippen LogP contribution in [0.4, 0.5) is 0 Å². The standard InChI is InChI=1S/C48H91NO12S/c1-3-5-7-9-11-13-15-17-18-19-20-21-22-23-24-25-27-28-30-32-34-36-41(51)40(39-59-48-45(54)46(61-62(56,57)58)44(53)43(38-50)60-48)49-47(55)42(52)37-35-33-31-29-26-16-14-12-10-8-6-4-2/h26,29,33,35,40-46,48,50-54H,3-25,27-28,30-32,34,36-39H2,1-2H3,(H,49,55)(H,56,57,58)/b29-26-,35-33-. The van der Waals surface area contributed by atoms with Crippen LogP contribution in [-0.4, -0.2) is 107 Å². The summed E-state index contributed by atoms with van der Waals surface area (Å²) in [5.74, 6) is -0.735. The van der Waals surface area contributed by atoms with Gasteiger partial charge in [-0.1, -0.05) is 205 Å². The van der Waals surface area contributed by atoms with E-state index in [0.29, 0.717) is 19.3 Å². The second-order valence-electron chi connectivity index (χ2n) is 17.6. The van der Waals surface area contributed by atoms with Crippen LogP contribution in [0.3, 0.4) is 0 Å². The van der Waals surface area contributed by atoms with Gasteiger partial charge in [0.2, 0.25) is 5.91 Å². The average Bonchev–Trinajstić information content (AvgIpc) is 3.24. The Balaban J connectivity index is 2.51. The smallest absolute Gasteiger partial charge is 0.394 e. The lowest BCUT2D eigenvalue weighted by atomic mass is 9.99. The fraction of sp³-hybridized carbons (Fsp3) is 0.896.